The standard InChI is InChI=1S/C28H30ClFN6O3S/c1-28(2,3)34-40(38,39)24-17-32-36-25(33-23-7-5-4-6-22(23)29)21(16-31-26(24)36)27(37)35-14-12-19(13-15-35)18-8-10-20(30)11-9-18/h4-11,16-17,19,33-34H,12-15H2,1-3H3. The van der Waals surface area contributed by atoms with E-state index in [9.17, 15) is 17.6 Å². The molecule has 0 radical (unpaired) electrons. The Kier molecular flexibility index (Phi) is 7.56. The van der Waals surface area contributed by atoms with E-state index in [0.717, 1.165) is 18.4 Å². The molecule has 1 fully saturated rings. The summed E-state index contributed by atoms with van der Waals surface area (Å²) in [7, 11) is -3.96. The molecule has 5 rings (SSSR count). The van der Waals surface area contributed by atoms with Crippen molar-refractivity contribution in [2.45, 2.75) is 50.0 Å². The molecule has 12 heteroatoms. The lowest BCUT2D eigenvalue weighted by Crippen LogP contribution is -2.40. The molecule has 40 heavy (non-hydrogen) atoms. The lowest BCUT2D eigenvalue weighted by molar-refractivity contribution is 0.0713. The molecular weight excluding hydrogens is 555 g/mol. The van der Waals surface area contributed by atoms with Gasteiger partial charge in [0, 0.05) is 24.8 Å². The Morgan fingerprint density at radius 3 is 2.38 bits per heavy atom. The summed E-state index contributed by atoms with van der Waals surface area (Å²) >= 11 is 6.41. The van der Waals surface area contributed by atoms with Crippen LogP contribution in [0.1, 0.15) is 55.5 Å². The highest BCUT2D eigenvalue weighted by molar-refractivity contribution is 7.89. The van der Waals surface area contributed by atoms with E-state index in [2.05, 4.69) is 20.1 Å². The number of nitrogens with zero attached hydrogens (tertiary/aromatic N) is 4. The Bertz CT molecular complexity index is 1660. The first-order chi connectivity index (χ1) is 18.9. The molecular formula is C28H30ClFN6O3S. The van der Waals surface area contributed by atoms with Crippen LogP contribution in [0.3, 0.4) is 0 Å². The number of amides is 1. The number of para-hydroxylation sites is 1. The third-order valence-electron chi connectivity index (χ3n) is 6.71. The van der Waals surface area contributed by atoms with Gasteiger partial charge >= 0.3 is 0 Å². The van der Waals surface area contributed by atoms with Gasteiger partial charge in [-0.3, -0.25) is 4.79 Å². The number of likely N-dealkylation sites (tertiary alicyclic amines) is 1. The molecule has 0 bridgehead atoms. The fourth-order valence-electron chi connectivity index (χ4n) is 4.85. The highest BCUT2D eigenvalue weighted by atomic mass is 35.5. The van der Waals surface area contributed by atoms with E-state index in [-0.39, 0.29) is 39.6 Å². The number of hydrogen-bond acceptors (Lipinski definition) is 6. The van der Waals surface area contributed by atoms with Gasteiger partial charge in [0.1, 0.15) is 22.1 Å². The molecule has 1 saturated heterocycles. The predicted octanol–water partition coefficient (Wildman–Crippen LogP) is 5.36. The number of hydrogen-bond donors (Lipinski definition) is 2. The number of carbonyl (C=O) groups excluding carboxylic acids is 1. The second-order valence-corrected chi connectivity index (χ2v) is 12.9. The molecule has 0 atom stereocenters. The summed E-state index contributed by atoms with van der Waals surface area (Å²) in [6, 6.07) is 13.5. The Labute approximate surface area is 237 Å². The summed E-state index contributed by atoms with van der Waals surface area (Å²) < 4.78 is 43.6. The van der Waals surface area contributed by atoms with Gasteiger partial charge in [0.05, 0.1) is 16.9 Å². The van der Waals surface area contributed by atoms with E-state index in [4.69, 9.17) is 11.6 Å². The maximum Gasteiger partial charge on any atom is 0.259 e. The van der Waals surface area contributed by atoms with Gasteiger partial charge in [0.25, 0.3) is 5.91 Å². The van der Waals surface area contributed by atoms with Crippen LogP contribution < -0.4 is 10.0 Å². The van der Waals surface area contributed by atoms with Crippen LogP contribution in [-0.4, -0.2) is 52.5 Å². The van der Waals surface area contributed by atoms with E-state index in [1.807, 2.05) is 0 Å². The maximum atomic E-state index is 13.8. The van der Waals surface area contributed by atoms with Crippen LogP contribution in [0.25, 0.3) is 5.65 Å². The normalized spacial score (nSPS) is 15.0. The second kappa shape index (κ2) is 10.8. The molecule has 2 aromatic heterocycles. The number of aromatic nitrogens is 3. The molecule has 0 spiro atoms. The number of anilines is 2. The van der Waals surface area contributed by atoms with E-state index in [0.29, 0.717) is 23.8 Å². The zero-order valence-corrected chi connectivity index (χ0v) is 23.9. The largest absolute Gasteiger partial charge is 0.338 e. The first kappa shape index (κ1) is 28.0. The monoisotopic (exact) mass is 584 g/mol. The van der Waals surface area contributed by atoms with Crippen molar-refractivity contribution in [3.8, 4) is 0 Å². The number of fused-ring (bicyclic) bond motifs is 1. The fraction of sp³-hybridized carbons (Fsp3) is 0.321. The number of benzene rings is 2. The molecule has 2 N–H and O–H groups in total. The van der Waals surface area contributed by atoms with Gasteiger partial charge in [-0.15, -0.1) is 0 Å². The SMILES string of the molecule is CC(C)(C)NS(=O)(=O)c1cnn2c(Nc3ccccc3Cl)c(C(=O)N3CCC(c4ccc(F)cc4)CC3)cnc12. The lowest BCUT2D eigenvalue weighted by Gasteiger charge is -2.32. The minimum Gasteiger partial charge on any atom is -0.338 e. The molecule has 1 aliphatic heterocycles. The van der Waals surface area contributed by atoms with Gasteiger partial charge in [-0.1, -0.05) is 35.9 Å². The van der Waals surface area contributed by atoms with Crippen molar-refractivity contribution in [1.29, 1.82) is 0 Å². The molecule has 1 aliphatic rings. The van der Waals surface area contributed by atoms with Gasteiger partial charge in [0.15, 0.2) is 5.65 Å². The van der Waals surface area contributed by atoms with E-state index in [1.165, 1.54) is 29.0 Å². The van der Waals surface area contributed by atoms with Crippen LogP contribution in [0.4, 0.5) is 15.9 Å². The van der Waals surface area contributed by atoms with Crippen LogP contribution >= 0.6 is 11.6 Å². The van der Waals surface area contributed by atoms with Crippen LogP contribution in [-0.2, 0) is 10.0 Å². The van der Waals surface area contributed by atoms with E-state index in [1.54, 1.807) is 62.1 Å². The zero-order valence-electron chi connectivity index (χ0n) is 22.4. The molecule has 210 valence electrons. The van der Waals surface area contributed by atoms with Gasteiger partial charge in [0.2, 0.25) is 10.0 Å². The van der Waals surface area contributed by atoms with Crippen LogP contribution in [0.15, 0.2) is 65.8 Å². The number of rotatable bonds is 6. The number of carbonyl (C=O) groups is 1. The maximum absolute atomic E-state index is 13.8. The number of piperidine rings is 1. The first-order valence-electron chi connectivity index (χ1n) is 12.9. The Morgan fingerprint density at radius 2 is 1.73 bits per heavy atom. The number of sulfonamides is 1. The first-order valence-corrected chi connectivity index (χ1v) is 14.8. The Morgan fingerprint density at radius 1 is 1.05 bits per heavy atom. The molecule has 0 unspecified atom stereocenters. The predicted molar refractivity (Wildman–Crippen MR) is 152 cm³/mol. The van der Waals surface area contributed by atoms with Gasteiger partial charge in [-0.05, 0) is 69.4 Å². The molecule has 0 saturated carbocycles. The summed E-state index contributed by atoms with van der Waals surface area (Å²) in [4.78, 5) is 19.8. The molecule has 3 heterocycles. The Balaban J connectivity index is 1.50. The quantitative estimate of drug-likeness (QED) is 0.316. The third kappa shape index (κ3) is 5.81. The average molecular weight is 585 g/mol. The fourth-order valence-corrected chi connectivity index (χ4v) is 6.51. The zero-order chi connectivity index (χ0) is 28.7. The minimum atomic E-state index is -3.96. The van der Waals surface area contributed by atoms with E-state index >= 15 is 0 Å². The molecule has 0 aliphatic carbocycles. The van der Waals surface area contributed by atoms with Crippen molar-refractivity contribution in [2.24, 2.45) is 0 Å². The van der Waals surface area contributed by atoms with Gasteiger partial charge in [-0.2, -0.15) is 9.61 Å². The number of nitrogens with one attached hydrogen (secondary N) is 2. The average Bonchev–Trinajstić information content (AvgIpc) is 3.35. The van der Waals surface area contributed by atoms with Crippen molar-refractivity contribution >= 4 is 44.7 Å². The van der Waals surface area contributed by atoms with Crippen molar-refractivity contribution in [3.63, 3.8) is 0 Å². The van der Waals surface area contributed by atoms with Crippen molar-refractivity contribution in [1.82, 2.24) is 24.2 Å². The van der Waals surface area contributed by atoms with Crippen molar-refractivity contribution in [2.75, 3.05) is 18.4 Å². The highest BCUT2D eigenvalue weighted by Crippen LogP contribution is 2.32. The topological polar surface area (TPSA) is 109 Å². The van der Waals surface area contributed by atoms with E-state index < -0.39 is 15.6 Å². The summed E-state index contributed by atoms with van der Waals surface area (Å²) in [6.07, 6.45) is 4.04. The molecule has 4 aromatic rings. The van der Waals surface area contributed by atoms with Gasteiger partial charge in [-0.25, -0.2) is 22.5 Å². The Hall–Kier alpha value is -3.54. The smallest absolute Gasteiger partial charge is 0.259 e. The minimum absolute atomic E-state index is 0.0675. The summed E-state index contributed by atoms with van der Waals surface area (Å²) in [5.74, 6) is -0.0723. The molecule has 1 amide bonds. The van der Waals surface area contributed by atoms with Gasteiger partial charge < -0.3 is 10.2 Å². The van der Waals surface area contributed by atoms with Crippen LogP contribution in [0, 0.1) is 5.82 Å². The molecule has 2 aromatic carbocycles. The third-order valence-corrected chi connectivity index (χ3v) is 8.78. The van der Waals surface area contributed by atoms with Crippen molar-refractivity contribution in [3.05, 3.63) is 82.9 Å². The summed E-state index contributed by atoms with van der Waals surface area (Å²) in [5.41, 5.74) is 1.14. The van der Waals surface area contributed by atoms with Crippen LogP contribution in [0.2, 0.25) is 5.02 Å². The summed E-state index contributed by atoms with van der Waals surface area (Å²) in [5, 5.41) is 7.92. The highest BCUT2D eigenvalue weighted by Gasteiger charge is 2.31. The lowest BCUT2D eigenvalue weighted by atomic mass is 9.89. The molecule has 9 nitrogen and oxygen atoms in total. The summed E-state index contributed by atoms with van der Waals surface area (Å²) in [6.45, 7) is 6.22. The number of halogens is 2. The van der Waals surface area contributed by atoms with Crippen molar-refractivity contribution < 1.29 is 17.6 Å². The second-order valence-electron chi connectivity index (χ2n) is 10.8. The van der Waals surface area contributed by atoms with Crippen LogP contribution in [0.5, 0.6) is 0 Å².